The van der Waals surface area contributed by atoms with Gasteiger partial charge in [-0.25, -0.2) is 0 Å². The molecule has 220 valence electrons. The minimum atomic E-state index is -1.57. The highest BCUT2D eigenvalue weighted by Gasteiger charge is 2.13. The van der Waals surface area contributed by atoms with E-state index in [-0.39, 0.29) is 0 Å². The molecular weight excluding hydrogens is 481 g/mol. The molecule has 0 spiro atoms. The molecule has 0 radical (unpaired) electrons. The van der Waals surface area contributed by atoms with E-state index in [1.54, 1.807) is 0 Å². The molecule has 2 aromatic carbocycles. The van der Waals surface area contributed by atoms with Crippen molar-refractivity contribution in [2.75, 3.05) is 28.2 Å². The molecule has 0 N–H and O–H groups in total. The van der Waals surface area contributed by atoms with Crippen LogP contribution in [0.1, 0.15) is 113 Å². The first-order valence-corrected chi connectivity index (χ1v) is 15.5. The monoisotopic (exact) mass is 539 g/mol. The van der Waals surface area contributed by atoms with Crippen molar-refractivity contribution in [1.82, 2.24) is 0 Å². The van der Waals surface area contributed by atoms with Gasteiger partial charge in [-0.2, -0.15) is 0 Å². The van der Waals surface area contributed by atoms with Crippen LogP contribution in [0.5, 0.6) is 11.5 Å². The number of hydrogen-bond acceptors (Lipinski definition) is 3. The first-order valence-electron chi connectivity index (χ1n) is 15.5. The summed E-state index contributed by atoms with van der Waals surface area (Å²) in [4.78, 5) is 0. The first kappa shape index (κ1) is 35.1. The second-order valence-corrected chi connectivity index (χ2v) is 12.5. The largest absolute Gasteiger partial charge is 0.808 e. The minimum Gasteiger partial charge on any atom is -0.808 e. The predicted octanol–water partition coefficient (Wildman–Crippen LogP) is 8.23. The third kappa shape index (κ3) is 18.1. The van der Waals surface area contributed by atoms with Crippen LogP contribution in [0.4, 0.5) is 0 Å². The molecule has 0 amide bonds. The van der Waals surface area contributed by atoms with Crippen molar-refractivity contribution in [2.24, 2.45) is 0 Å². The van der Waals surface area contributed by atoms with E-state index in [4.69, 9.17) is 9.31 Å². The second-order valence-electron chi connectivity index (χ2n) is 12.5. The molecule has 0 saturated heterocycles. The topological polar surface area (TPSA) is 41.5 Å². The van der Waals surface area contributed by atoms with Gasteiger partial charge in [-0.05, 0) is 62.8 Å². The summed E-state index contributed by atoms with van der Waals surface area (Å²) in [7, 11) is 6.93. The summed E-state index contributed by atoms with van der Waals surface area (Å²) >= 11 is 0. The standard InChI is InChI=1S/C30H46BO3.C4H12N/c1-5-7-9-11-13-15-17-27-23-25(3)19-21-29(27)33-31(32)34-30-22-20-26(4)24-28(30)18-16-14-12-10-8-6-2;1-5(2,3)4/h19-24H,5-18H2,1-4H3;1-4H3/q-1;+1. The Bertz CT molecular complexity index is 836. The van der Waals surface area contributed by atoms with Crippen molar-refractivity contribution in [1.29, 1.82) is 0 Å². The maximum absolute atomic E-state index is 12.8. The Morgan fingerprint density at radius 3 is 1.28 bits per heavy atom. The lowest BCUT2D eigenvalue weighted by Crippen LogP contribution is -2.44. The summed E-state index contributed by atoms with van der Waals surface area (Å²) in [6.07, 6.45) is 16.9. The van der Waals surface area contributed by atoms with Gasteiger partial charge in [0.05, 0.1) is 28.2 Å². The molecular formula is C34H58BNO3. The van der Waals surface area contributed by atoms with Gasteiger partial charge in [-0.3, -0.25) is 0 Å². The molecule has 2 aromatic rings. The summed E-state index contributed by atoms with van der Waals surface area (Å²) in [5.41, 5.74) is 4.60. The van der Waals surface area contributed by atoms with E-state index in [9.17, 15) is 5.02 Å². The van der Waals surface area contributed by atoms with Crippen LogP contribution in [0.25, 0.3) is 0 Å². The number of benzene rings is 2. The maximum Gasteiger partial charge on any atom is 0.492 e. The molecule has 39 heavy (non-hydrogen) atoms. The van der Waals surface area contributed by atoms with E-state index in [1.165, 1.54) is 75.3 Å². The van der Waals surface area contributed by atoms with Gasteiger partial charge >= 0.3 is 7.32 Å². The van der Waals surface area contributed by atoms with Crippen LogP contribution >= 0.6 is 0 Å². The highest BCUT2D eigenvalue weighted by atomic mass is 16.7. The van der Waals surface area contributed by atoms with Gasteiger partial charge in [-0.1, -0.05) is 113 Å². The Kier molecular flexibility index (Phi) is 18.0. The molecule has 0 aliphatic heterocycles. The zero-order valence-electron chi connectivity index (χ0n) is 26.6. The number of hydrogen-bond donors (Lipinski definition) is 0. The maximum atomic E-state index is 12.8. The van der Waals surface area contributed by atoms with Crippen molar-refractivity contribution in [3.8, 4) is 11.5 Å². The zero-order chi connectivity index (χ0) is 29.1. The van der Waals surface area contributed by atoms with Gasteiger partial charge < -0.3 is 18.8 Å². The molecule has 0 bridgehead atoms. The van der Waals surface area contributed by atoms with Gasteiger partial charge in [0, 0.05) is 0 Å². The average molecular weight is 540 g/mol. The fourth-order valence-electron chi connectivity index (χ4n) is 4.46. The normalized spacial score (nSPS) is 11.1. The van der Waals surface area contributed by atoms with Gasteiger partial charge in [-0.15, -0.1) is 0 Å². The lowest BCUT2D eigenvalue weighted by molar-refractivity contribution is -0.849. The Morgan fingerprint density at radius 2 is 0.923 bits per heavy atom. The van der Waals surface area contributed by atoms with Crippen molar-refractivity contribution in [2.45, 2.75) is 118 Å². The smallest absolute Gasteiger partial charge is 0.492 e. The van der Waals surface area contributed by atoms with Crippen LogP contribution in [0, 0.1) is 13.8 Å². The van der Waals surface area contributed by atoms with Crippen LogP contribution < -0.4 is 14.3 Å². The molecule has 0 aliphatic rings. The quantitative estimate of drug-likeness (QED) is 0.109. The van der Waals surface area contributed by atoms with E-state index >= 15 is 0 Å². The SMILES string of the molecule is CCCCCCCCc1cc(C)ccc1OB([O-])Oc1ccc(C)cc1CCCCCCCC.C[N+](C)(C)C. The van der Waals surface area contributed by atoms with Gasteiger partial charge in [0.2, 0.25) is 0 Å². The van der Waals surface area contributed by atoms with Crippen molar-refractivity contribution < 1.29 is 18.8 Å². The van der Waals surface area contributed by atoms with Crippen LogP contribution in [0.2, 0.25) is 0 Å². The Hall–Kier alpha value is -1.98. The van der Waals surface area contributed by atoms with E-state index in [2.05, 4.69) is 68.0 Å². The third-order valence-electron chi connectivity index (χ3n) is 6.48. The molecule has 0 unspecified atom stereocenters. The fourth-order valence-corrected chi connectivity index (χ4v) is 4.46. The van der Waals surface area contributed by atoms with Gasteiger partial charge in [0.1, 0.15) is 11.5 Å². The number of unbranched alkanes of at least 4 members (excludes halogenated alkanes) is 10. The number of nitrogens with zero attached hydrogens (tertiary/aromatic N) is 1. The van der Waals surface area contributed by atoms with Crippen LogP contribution in [0.15, 0.2) is 36.4 Å². The first-order chi connectivity index (χ1) is 18.5. The predicted molar refractivity (Wildman–Crippen MR) is 167 cm³/mol. The molecule has 4 nitrogen and oxygen atoms in total. The van der Waals surface area contributed by atoms with Crippen molar-refractivity contribution in [3.63, 3.8) is 0 Å². The fraction of sp³-hybridized carbons (Fsp3) is 0.647. The number of quaternary nitrogens is 1. The molecule has 0 saturated carbocycles. The molecule has 0 aromatic heterocycles. The van der Waals surface area contributed by atoms with Crippen LogP contribution in [0.3, 0.4) is 0 Å². The van der Waals surface area contributed by atoms with Crippen LogP contribution in [-0.2, 0) is 12.8 Å². The molecule has 0 heterocycles. The molecule has 0 aliphatic carbocycles. The second kappa shape index (κ2) is 20.0. The van der Waals surface area contributed by atoms with Crippen LogP contribution in [-0.4, -0.2) is 40.0 Å². The Labute approximate surface area is 241 Å². The summed E-state index contributed by atoms with van der Waals surface area (Å²) in [6, 6.07) is 12.1. The average Bonchev–Trinajstić information content (AvgIpc) is 2.85. The van der Waals surface area contributed by atoms with E-state index in [0.29, 0.717) is 11.5 Å². The van der Waals surface area contributed by atoms with Gasteiger partial charge in [0.25, 0.3) is 0 Å². The summed E-state index contributed by atoms with van der Waals surface area (Å²) in [5, 5.41) is 12.8. The summed E-state index contributed by atoms with van der Waals surface area (Å²) < 4.78 is 12.6. The van der Waals surface area contributed by atoms with E-state index in [1.807, 2.05) is 24.3 Å². The zero-order valence-corrected chi connectivity index (χ0v) is 26.6. The van der Waals surface area contributed by atoms with Crippen molar-refractivity contribution >= 4 is 7.32 Å². The van der Waals surface area contributed by atoms with Gasteiger partial charge in [0.15, 0.2) is 0 Å². The third-order valence-corrected chi connectivity index (χ3v) is 6.48. The molecule has 5 heteroatoms. The number of aryl methyl sites for hydroxylation is 4. The lowest BCUT2D eigenvalue weighted by Gasteiger charge is -2.24. The van der Waals surface area contributed by atoms with E-state index in [0.717, 1.165) is 41.3 Å². The molecule has 2 rings (SSSR count). The Morgan fingerprint density at radius 1 is 0.590 bits per heavy atom. The highest BCUT2D eigenvalue weighted by molar-refractivity contribution is 6.34. The Balaban J connectivity index is 0.00000139. The minimum absolute atomic E-state index is 0.656. The lowest BCUT2D eigenvalue weighted by atomic mass is 10.0. The summed E-state index contributed by atoms with van der Waals surface area (Å²) in [5.74, 6) is 1.31. The van der Waals surface area contributed by atoms with Crippen molar-refractivity contribution in [3.05, 3.63) is 58.7 Å². The van der Waals surface area contributed by atoms with E-state index < -0.39 is 7.32 Å². The molecule has 0 fully saturated rings. The highest BCUT2D eigenvalue weighted by Crippen LogP contribution is 2.26. The molecule has 0 atom stereocenters. The summed E-state index contributed by atoms with van der Waals surface area (Å²) in [6.45, 7) is 8.65. The number of rotatable bonds is 18.